The zero-order valence-corrected chi connectivity index (χ0v) is 10.2. The predicted octanol–water partition coefficient (Wildman–Crippen LogP) is 3.23. The van der Waals surface area contributed by atoms with Crippen molar-refractivity contribution in [3.8, 4) is 11.5 Å². The van der Waals surface area contributed by atoms with Crippen molar-refractivity contribution in [2.45, 2.75) is 0 Å². The van der Waals surface area contributed by atoms with E-state index in [4.69, 9.17) is 20.3 Å². The zero-order chi connectivity index (χ0) is 8.69. The van der Waals surface area contributed by atoms with Gasteiger partial charge in [-0.3, -0.25) is 0 Å². The fraction of sp³-hybridized carbons (Fsp3) is 0. The third-order valence-electron chi connectivity index (χ3n) is 0.882. The van der Waals surface area contributed by atoms with E-state index in [-0.39, 0.29) is 52.3 Å². The molecule has 0 aliphatic rings. The topological polar surface area (TPSA) is 160 Å². The Morgan fingerprint density at radius 3 is 1.40 bits per heavy atom. The molecule has 1 aromatic rings. The summed E-state index contributed by atoms with van der Waals surface area (Å²) in [6.45, 7) is 0. The number of nitrogens with two attached hydrogens (primary N) is 2. The van der Waals surface area contributed by atoms with Crippen LogP contribution in [0, 0.1) is 17.5 Å². The Hall–Kier alpha value is -1.17. The van der Waals surface area contributed by atoms with Crippen LogP contribution < -0.4 is 0 Å². The van der Waals surface area contributed by atoms with Crippen molar-refractivity contribution in [3.63, 3.8) is 0 Å². The van der Waals surface area contributed by atoms with E-state index in [1.165, 1.54) is 12.1 Å². The minimum atomic E-state index is -0.0764. The number of phenolic OH excluding ortho intramolecular Hbond substituents is 2. The number of phenols is 2. The Morgan fingerprint density at radius 2 is 1.27 bits per heavy atom. The normalized spacial score (nSPS) is 5.60. The second-order valence-electron chi connectivity index (χ2n) is 1.56. The molecule has 0 saturated carbocycles. The number of rotatable bonds is 0. The van der Waals surface area contributed by atoms with Crippen LogP contribution in [0.2, 0.25) is 0 Å². The average Bonchev–Trinajstić information content (AvgIpc) is 1.97. The largest absolute Gasteiger partial charge is 0.693 e. The molecule has 0 aromatic heterocycles. The van der Waals surface area contributed by atoms with Crippen molar-refractivity contribution in [2.24, 2.45) is 5.34 Å². The minimum absolute atomic E-state index is 0. The average molecular weight is 398 g/mol. The maximum Gasteiger partial charge on any atom is 0.157 e. The van der Waals surface area contributed by atoms with Gasteiger partial charge in [-0.2, -0.15) is 0 Å². The first kappa shape index (κ1) is 29.2. The molecule has 0 heterocycles. The van der Waals surface area contributed by atoms with Gasteiger partial charge >= 0.3 is 0 Å². The molecule has 0 atom stereocenters. The van der Waals surface area contributed by atoms with Gasteiger partial charge in [0.25, 0.3) is 0 Å². The third-order valence-corrected chi connectivity index (χ3v) is 0.882. The van der Waals surface area contributed by atoms with Crippen LogP contribution in [-0.4, -0.2) is 10.2 Å². The molecule has 94 valence electrons. The summed E-state index contributed by atoms with van der Waals surface area (Å²) in [7, 11) is 0. The quantitative estimate of drug-likeness (QED) is 0.297. The van der Waals surface area contributed by atoms with Crippen LogP contribution in [-0.2, 0) is 21.1 Å². The van der Waals surface area contributed by atoms with Gasteiger partial charge in [0.2, 0.25) is 0 Å². The molecule has 0 aliphatic carbocycles. The summed E-state index contributed by atoms with van der Waals surface area (Å²) < 4.78 is 0. The predicted molar refractivity (Wildman–Crippen MR) is 55.9 cm³/mol. The van der Waals surface area contributed by atoms with Gasteiger partial charge in [0.05, 0.1) is 0 Å². The summed E-state index contributed by atoms with van der Waals surface area (Å²) in [5.41, 5.74) is 0. The van der Waals surface area contributed by atoms with Crippen LogP contribution in [0.5, 0.6) is 11.5 Å². The molecule has 1 rings (SSSR count). The van der Waals surface area contributed by atoms with Crippen molar-refractivity contribution in [1.29, 1.82) is 0 Å². The van der Waals surface area contributed by atoms with Crippen LogP contribution in [0.3, 0.4) is 0 Å². The molecule has 0 bridgehead atoms. The van der Waals surface area contributed by atoms with Crippen molar-refractivity contribution in [2.75, 3.05) is 0 Å². The zero-order valence-electron chi connectivity index (χ0n) is 7.94. The first-order valence-electron chi connectivity index (χ1n) is 2.64. The summed E-state index contributed by atoms with van der Waals surface area (Å²) >= 11 is 0. The molecule has 8 heteroatoms. The summed E-state index contributed by atoms with van der Waals surface area (Å²) in [5.74, 6) is -0.153. The molecule has 7 nitrogen and oxygen atoms in total. The van der Waals surface area contributed by atoms with Crippen molar-refractivity contribution >= 4 is 0 Å². The fourth-order valence-electron chi connectivity index (χ4n) is 0.464. The van der Waals surface area contributed by atoms with E-state index in [0.29, 0.717) is 0 Å². The minimum Gasteiger partial charge on any atom is -0.693 e. The number of hydrogen-bond donors (Lipinski definition) is 2. The van der Waals surface area contributed by atoms with E-state index in [0.717, 1.165) is 5.34 Å². The van der Waals surface area contributed by atoms with Gasteiger partial charge in [-0.15, -0.1) is 5.34 Å². The number of benzene rings is 1. The Balaban J connectivity index is -0.0000000437. The molecule has 0 spiro atoms. The first-order valence-corrected chi connectivity index (χ1v) is 2.64. The third kappa shape index (κ3) is 15.6. The van der Waals surface area contributed by atoms with Gasteiger partial charge < -0.3 is 40.1 Å². The van der Waals surface area contributed by atoms with Gasteiger partial charge in [-0.05, 0) is 12.1 Å². The number of nitrogens with zero attached hydrogens (tertiary/aromatic N) is 1. The van der Waals surface area contributed by atoms with Crippen LogP contribution in [0.25, 0.3) is 12.3 Å². The van der Waals surface area contributed by atoms with Crippen LogP contribution in [0.4, 0.5) is 0 Å². The molecule has 0 amide bonds. The van der Waals surface area contributed by atoms with Gasteiger partial charge in [-0.1, -0.05) is 12.1 Å². The van der Waals surface area contributed by atoms with E-state index in [2.05, 4.69) is 0 Å². The van der Waals surface area contributed by atoms with Gasteiger partial charge in [0, 0.05) is 21.1 Å². The van der Waals surface area contributed by atoms with Crippen LogP contribution in [0.1, 0.15) is 0 Å². The molecule has 0 aliphatic heterocycles. The number of hydrogen-bond acceptors (Lipinski definition) is 5. The molecule has 6 N–H and O–H groups in total. The molecule has 0 unspecified atom stereocenters. The summed E-state index contributed by atoms with van der Waals surface area (Å²) in [6, 6.07) is 6.15. The van der Waals surface area contributed by atoms with Crippen LogP contribution in [0.15, 0.2) is 29.6 Å². The van der Waals surface area contributed by atoms with E-state index >= 15 is 0 Å². The van der Waals surface area contributed by atoms with Crippen molar-refractivity contribution < 1.29 is 31.3 Å². The number of aromatic hydroxyl groups is 2. The fourth-order valence-corrected chi connectivity index (χ4v) is 0.464. The van der Waals surface area contributed by atoms with Crippen molar-refractivity contribution in [1.82, 2.24) is 0 Å². The molecular weight excluding hydrogens is 385 g/mol. The Morgan fingerprint density at radius 1 is 1.07 bits per heavy atom. The Bertz CT molecular complexity index is 216. The van der Waals surface area contributed by atoms with E-state index < -0.39 is 0 Å². The Labute approximate surface area is 102 Å². The van der Waals surface area contributed by atoms with E-state index in [1.54, 1.807) is 12.1 Å². The molecule has 1 aromatic carbocycles. The standard InChI is InChI=1S/C6H6O2.CH3.HNO2.2H2N.Pt/c7-5-3-1-2-4-6(5)8;;2-1-3;;;/h1-4,7-8H;1H3;(H,2,3);2*1H2;/q;-1;;2*-1;/p-1. The summed E-state index contributed by atoms with van der Waals surface area (Å²) in [6.07, 6.45) is 0. The molecule has 0 fully saturated rings. The second-order valence-corrected chi connectivity index (χ2v) is 1.56. The maximum atomic E-state index is 8.67. The smallest absolute Gasteiger partial charge is 0.157 e. The summed E-state index contributed by atoms with van der Waals surface area (Å²) in [5, 5.41) is 26.3. The van der Waals surface area contributed by atoms with E-state index in [9.17, 15) is 0 Å². The number of para-hydroxylation sites is 2. The van der Waals surface area contributed by atoms with Crippen LogP contribution >= 0.6 is 0 Å². The molecule has 15 heavy (non-hydrogen) atoms. The van der Waals surface area contributed by atoms with E-state index in [1.807, 2.05) is 0 Å². The van der Waals surface area contributed by atoms with Gasteiger partial charge in [0.1, 0.15) is 0 Å². The SMILES string of the molecule is O=N[O-].Oc1ccccc1O.[CH3-].[NH2-].[NH2-].[Pt]. The summed E-state index contributed by atoms with van der Waals surface area (Å²) in [4.78, 5) is 8.00. The second kappa shape index (κ2) is 18.6. The van der Waals surface area contributed by atoms with Gasteiger partial charge in [-0.25, -0.2) is 0 Å². The van der Waals surface area contributed by atoms with Gasteiger partial charge in [0.15, 0.2) is 11.5 Å². The Kier molecular flexibility index (Phi) is 36.2. The maximum absolute atomic E-state index is 8.67. The molecule has 0 radical (unpaired) electrons. The molecular formula is C7H13N3O4Pt-4. The van der Waals surface area contributed by atoms with Crippen molar-refractivity contribution in [3.05, 3.63) is 54.1 Å². The monoisotopic (exact) mass is 398 g/mol. The first-order chi connectivity index (χ1) is 5.22. The molecule has 0 saturated heterocycles.